The molecule has 4 rings (SSSR count). The number of primary amides is 1. The van der Waals surface area contributed by atoms with Gasteiger partial charge in [0.15, 0.2) is 11.9 Å². The van der Waals surface area contributed by atoms with Gasteiger partial charge in [0.1, 0.15) is 12.6 Å². The maximum Gasteiger partial charge on any atom is 0.310 e. The summed E-state index contributed by atoms with van der Waals surface area (Å²) in [7, 11) is 5.93. The third-order valence-corrected chi connectivity index (χ3v) is 8.54. The number of amides is 1. The summed E-state index contributed by atoms with van der Waals surface area (Å²) in [5, 5.41) is 8.48. The van der Waals surface area contributed by atoms with Crippen molar-refractivity contribution in [1.82, 2.24) is 9.78 Å². The average molecular weight is 674 g/mol. The Morgan fingerprint density at radius 3 is 2.34 bits per heavy atom. The number of fused-ring (bicyclic) bond motifs is 1. The first-order valence-corrected chi connectivity index (χ1v) is 16.4. The Labute approximate surface area is 284 Å². The van der Waals surface area contributed by atoms with E-state index in [1.165, 1.54) is 6.92 Å². The minimum Gasteiger partial charge on any atom is -1.00 e. The van der Waals surface area contributed by atoms with Gasteiger partial charge in [0.05, 0.1) is 55.8 Å². The molecule has 260 valence electrons. The van der Waals surface area contributed by atoms with E-state index in [0.717, 1.165) is 41.9 Å². The second-order valence-corrected chi connectivity index (χ2v) is 15.3. The lowest BCUT2D eigenvalue weighted by atomic mass is 9.75. The average Bonchev–Trinajstić information content (AvgIpc) is 3.24. The fourth-order valence-corrected chi connectivity index (χ4v) is 6.72. The summed E-state index contributed by atoms with van der Waals surface area (Å²) < 4.78 is 13.6. The van der Waals surface area contributed by atoms with E-state index in [1.54, 1.807) is 6.07 Å². The highest BCUT2D eigenvalue weighted by molar-refractivity contribution is 6.00. The van der Waals surface area contributed by atoms with Crippen molar-refractivity contribution >= 4 is 29.3 Å². The van der Waals surface area contributed by atoms with Gasteiger partial charge in [-0.15, -0.1) is 0 Å². The van der Waals surface area contributed by atoms with Crippen LogP contribution in [-0.4, -0.2) is 83.8 Å². The van der Waals surface area contributed by atoms with Gasteiger partial charge in [0.25, 0.3) is 5.91 Å². The van der Waals surface area contributed by atoms with Crippen molar-refractivity contribution in [2.24, 2.45) is 17.1 Å². The number of aromatic nitrogens is 2. The van der Waals surface area contributed by atoms with E-state index in [4.69, 9.17) is 20.3 Å². The normalized spacial score (nSPS) is 19.7. The van der Waals surface area contributed by atoms with Crippen LogP contribution in [0.5, 0.6) is 0 Å². The minimum atomic E-state index is -0.548. The zero-order chi connectivity index (χ0) is 34.0. The largest absolute Gasteiger partial charge is 1.00 e. The van der Waals surface area contributed by atoms with Gasteiger partial charge in [-0.25, -0.2) is 4.68 Å². The van der Waals surface area contributed by atoms with Crippen molar-refractivity contribution in [3.05, 3.63) is 40.7 Å². The van der Waals surface area contributed by atoms with Crippen molar-refractivity contribution in [3.63, 3.8) is 0 Å². The number of hydrogen-bond acceptors (Lipinski definition) is 8. The molecule has 1 amide bonds. The van der Waals surface area contributed by atoms with Crippen molar-refractivity contribution in [2.45, 2.75) is 104 Å². The second-order valence-electron chi connectivity index (χ2n) is 15.3. The Morgan fingerprint density at radius 2 is 1.77 bits per heavy atom. The number of carbonyl (C=O) groups is 4. The van der Waals surface area contributed by atoms with E-state index in [2.05, 4.69) is 33.0 Å². The molecule has 1 heterocycles. The van der Waals surface area contributed by atoms with Crippen molar-refractivity contribution in [1.29, 1.82) is 0 Å². The Morgan fingerprint density at radius 1 is 1.11 bits per heavy atom. The van der Waals surface area contributed by atoms with Gasteiger partial charge in [-0.05, 0) is 68.1 Å². The standard InChI is InChI=1S/C35H51N5O6.ClH/c1-21(2)15-29-33-30(18-35(4,5)19-31(33)42)39(38-29)24-11-14-27(34(36)44)28(16-24)37-23-9-12-25(13-10-23)46-32(43)17-26(45-22(3)41)20-40(6,7)8;/h11,14,16,21,23,25-26H,9-10,12-13,15,17-20H2,1-8H3,(H2-,36,37,44);1H/t23-,25-,26?;. The van der Waals surface area contributed by atoms with E-state index >= 15 is 0 Å². The number of nitrogens with zero attached hydrogens (tertiary/aromatic N) is 3. The van der Waals surface area contributed by atoms with E-state index in [1.807, 2.05) is 38.0 Å². The summed E-state index contributed by atoms with van der Waals surface area (Å²) >= 11 is 0. The number of rotatable bonds is 12. The summed E-state index contributed by atoms with van der Waals surface area (Å²) in [5.74, 6) is -0.851. The molecule has 2 aliphatic carbocycles. The smallest absolute Gasteiger partial charge is 0.310 e. The number of ether oxygens (including phenoxy) is 2. The molecule has 0 radical (unpaired) electrons. The Balaban J connectivity index is 0.00000600. The molecule has 1 fully saturated rings. The zero-order valence-corrected chi connectivity index (χ0v) is 29.9. The molecule has 3 N–H and O–H groups in total. The summed E-state index contributed by atoms with van der Waals surface area (Å²) in [6.45, 7) is 10.3. The predicted octanol–water partition coefficient (Wildman–Crippen LogP) is 1.62. The van der Waals surface area contributed by atoms with Crippen molar-refractivity contribution < 1.29 is 45.5 Å². The third-order valence-electron chi connectivity index (χ3n) is 8.54. The van der Waals surface area contributed by atoms with Crippen LogP contribution in [0.15, 0.2) is 18.2 Å². The lowest BCUT2D eigenvalue weighted by Gasteiger charge is -2.31. The van der Waals surface area contributed by atoms with Crippen molar-refractivity contribution in [3.8, 4) is 5.69 Å². The number of halogens is 1. The van der Waals surface area contributed by atoms with Crippen LogP contribution in [0.3, 0.4) is 0 Å². The number of nitrogens with two attached hydrogens (primary N) is 1. The number of hydrogen-bond donors (Lipinski definition) is 2. The molecule has 2 aliphatic rings. The molecule has 12 heteroatoms. The second kappa shape index (κ2) is 15.2. The van der Waals surface area contributed by atoms with Gasteiger partial charge in [-0.2, -0.15) is 5.10 Å². The van der Waals surface area contributed by atoms with Crippen LogP contribution in [-0.2, 0) is 31.9 Å². The summed E-state index contributed by atoms with van der Waals surface area (Å²) in [6, 6.07) is 5.49. The van der Waals surface area contributed by atoms with E-state index in [9.17, 15) is 19.2 Å². The number of quaternary nitrogens is 1. The van der Waals surface area contributed by atoms with Gasteiger partial charge in [-0.3, -0.25) is 19.2 Å². The fourth-order valence-electron chi connectivity index (χ4n) is 6.72. The number of likely N-dealkylation sites (N-methyl/N-ethyl adjacent to an activating group) is 1. The minimum absolute atomic E-state index is 0. The molecule has 0 spiro atoms. The molecular weight excluding hydrogens is 622 g/mol. The van der Waals surface area contributed by atoms with Gasteiger partial charge in [0, 0.05) is 25.1 Å². The highest BCUT2D eigenvalue weighted by Gasteiger charge is 2.37. The Kier molecular flexibility index (Phi) is 12.3. The van der Waals surface area contributed by atoms with Crippen LogP contribution in [0.1, 0.15) is 105 Å². The molecule has 0 aliphatic heterocycles. The van der Waals surface area contributed by atoms with Crippen LogP contribution in [0, 0.1) is 11.3 Å². The quantitative estimate of drug-likeness (QED) is 0.256. The first-order chi connectivity index (χ1) is 21.4. The number of esters is 2. The molecule has 1 unspecified atom stereocenters. The summed E-state index contributed by atoms with van der Waals surface area (Å²) in [5.41, 5.74) is 9.84. The van der Waals surface area contributed by atoms with Gasteiger partial charge >= 0.3 is 11.9 Å². The maximum absolute atomic E-state index is 13.3. The third kappa shape index (κ3) is 10.3. The first-order valence-electron chi connectivity index (χ1n) is 16.4. The SMILES string of the molecule is CC(=O)OC(CC(=O)O[C@H]1CC[C@H](Nc2cc(-n3nc(CC(C)C)c4c3CC(C)(C)CC4=O)ccc2C(N)=O)CC1)C[N+](C)(C)C.[Cl-]. The number of carbonyl (C=O) groups excluding carboxylic acids is 4. The lowest BCUT2D eigenvalue weighted by molar-refractivity contribution is -0.873. The van der Waals surface area contributed by atoms with Gasteiger partial charge in [-0.1, -0.05) is 27.7 Å². The van der Waals surface area contributed by atoms with Gasteiger partial charge < -0.3 is 37.4 Å². The summed E-state index contributed by atoms with van der Waals surface area (Å²) in [6.07, 6.45) is 3.93. The molecule has 0 saturated heterocycles. The van der Waals surface area contributed by atoms with Gasteiger partial charge in [0.2, 0.25) is 0 Å². The highest BCUT2D eigenvalue weighted by Crippen LogP contribution is 2.38. The maximum atomic E-state index is 13.3. The molecule has 1 aromatic carbocycles. The molecule has 0 bridgehead atoms. The predicted molar refractivity (Wildman–Crippen MR) is 176 cm³/mol. The van der Waals surface area contributed by atoms with Crippen LogP contribution in [0.2, 0.25) is 0 Å². The van der Waals surface area contributed by atoms with Crippen LogP contribution in [0.4, 0.5) is 5.69 Å². The topological polar surface area (TPSA) is 143 Å². The monoisotopic (exact) mass is 673 g/mol. The number of nitrogens with one attached hydrogen (secondary N) is 1. The molecule has 1 saturated carbocycles. The first kappa shape index (κ1) is 38.0. The molecule has 47 heavy (non-hydrogen) atoms. The number of benzene rings is 1. The number of Topliss-reactive ketones (excluding diaryl/α,β-unsaturated/α-hetero) is 1. The fraction of sp³-hybridized carbons (Fsp3) is 0.629. The number of ketones is 1. The lowest BCUT2D eigenvalue weighted by Crippen LogP contribution is -3.00. The van der Waals surface area contributed by atoms with Crippen molar-refractivity contribution in [2.75, 3.05) is 33.0 Å². The molecular formula is C35H52ClN5O6. The van der Waals surface area contributed by atoms with E-state index in [0.29, 0.717) is 53.9 Å². The Hall–Kier alpha value is -3.44. The summed E-state index contributed by atoms with van der Waals surface area (Å²) in [4.78, 5) is 50.1. The zero-order valence-electron chi connectivity index (χ0n) is 29.2. The molecule has 1 atom stereocenters. The Bertz CT molecular complexity index is 1470. The number of anilines is 1. The van der Waals surface area contributed by atoms with E-state index in [-0.39, 0.29) is 48.1 Å². The van der Waals surface area contributed by atoms with Crippen LogP contribution >= 0.6 is 0 Å². The molecule has 2 aromatic rings. The van der Waals surface area contributed by atoms with E-state index < -0.39 is 18.0 Å². The highest BCUT2D eigenvalue weighted by atomic mass is 35.5. The molecule has 11 nitrogen and oxygen atoms in total. The van der Waals surface area contributed by atoms with Crippen LogP contribution < -0.4 is 23.5 Å². The molecule has 1 aromatic heterocycles. The van der Waals surface area contributed by atoms with Crippen LogP contribution in [0.25, 0.3) is 5.69 Å².